The highest BCUT2D eigenvalue weighted by molar-refractivity contribution is 7.89. The Hall–Kier alpha value is -0.170. The van der Waals surface area contributed by atoms with E-state index < -0.39 is 10.0 Å². The van der Waals surface area contributed by atoms with Crippen molar-refractivity contribution in [2.75, 3.05) is 32.6 Å². The van der Waals surface area contributed by atoms with Crippen molar-refractivity contribution in [1.29, 1.82) is 0 Å². The highest BCUT2D eigenvalue weighted by atomic mass is 32.2. The first kappa shape index (κ1) is 18.8. The predicted molar refractivity (Wildman–Crippen MR) is 79.9 cm³/mol. The second-order valence-corrected chi connectivity index (χ2v) is 7.18. The molecule has 0 heterocycles. The zero-order chi connectivity index (χ0) is 14.9. The van der Waals surface area contributed by atoms with Crippen molar-refractivity contribution in [2.24, 2.45) is 0 Å². The predicted octanol–water partition coefficient (Wildman–Crippen LogP) is 1.45. The summed E-state index contributed by atoms with van der Waals surface area (Å²) in [5.74, 6) is 0.195. The molecule has 0 aromatic carbocycles. The fraction of sp³-hybridized carbons (Fsp3) is 1.00. The summed E-state index contributed by atoms with van der Waals surface area (Å²) in [5, 5.41) is 3.24. The van der Waals surface area contributed by atoms with Gasteiger partial charge in [-0.15, -0.1) is 0 Å². The van der Waals surface area contributed by atoms with E-state index in [1.54, 1.807) is 11.4 Å². The van der Waals surface area contributed by atoms with Crippen molar-refractivity contribution in [1.82, 2.24) is 9.62 Å². The van der Waals surface area contributed by atoms with Crippen LogP contribution in [0.5, 0.6) is 0 Å². The van der Waals surface area contributed by atoms with Gasteiger partial charge in [0.05, 0.1) is 12.4 Å². The van der Waals surface area contributed by atoms with E-state index in [4.69, 9.17) is 4.74 Å². The van der Waals surface area contributed by atoms with Crippen LogP contribution >= 0.6 is 0 Å². The summed E-state index contributed by atoms with van der Waals surface area (Å²) in [6, 6.07) is 0.417. The third-order valence-corrected chi connectivity index (χ3v) is 5.15. The third kappa shape index (κ3) is 7.87. The fourth-order valence-corrected chi connectivity index (χ4v) is 3.57. The number of hydrogen-bond donors (Lipinski definition) is 1. The summed E-state index contributed by atoms with van der Waals surface area (Å²) in [6.07, 6.45) is 1.45. The minimum Gasteiger partial charge on any atom is -0.383 e. The SMILES string of the molecule is CCC(C)N(CCOC)S(=O)(=O)CCCNC(C)C. The van der Waals surface area contributed by atoms with E-state index in [-0.39, 0.29) is 11.8 Å². The van der Waals surface area contributed by atoms with E-state index in [2.05, 4.69) is 19.2 Å². The maximum Gasteiger partial charge on any atom is 0.214 e. The molecule has 6 heteroatoms. The Kier molecular flexibility index (Phi) is 9.60. The number of methoxy groups -OCH3 is 1. The van der Waals surface area contributed by atoms with Gasteiger partial charge in [0.2, 0.25) is 10.0 Å². The number of nitrogens with one attached hydrogen (secondary N) is 1. The Morgan fingerprint density at radius 3 is 2.37 bits per heavy atom. The van der Waals surface area contributed by atoms with Crippen LogP contribution in [-0.4, -0.2) is 57.4 Å². The molecule has 0 aromatic heterocycles. The lowest BCUT2D eigenvalue weighted by Gasteiger charge is -2.27. The van der Waals surface area contributed by atoms with Crippen molar-refractivity contribution < 1.29 is 13.2 Å². The molecule has 0 fully saturated rings. The molecule has 0 aromatic rings. The van der Waals surface area contributed by atoms with Gasteiger partial charge in [-0.2, -0.15) is 4.31 Å². The Labute approximate surface area is 118 Å². The maximum atomic E-state index is 12.3. The molecule has 0 saturated carbocycles. The zero-order valence-electron chi connectivity index (χ0n) is 13.0. The van der Waals surface area contributed by atoms with Crippen molar-refractivity contribution in [3.8, 4) is 0 Å². The molecule has 0 spiro atoms. The van der Waals surface area contributed by atoms with Crippen LogP contribution < -0.4 is 5.32 Å². The Balaban J connectivity index is 4.43. The minimum absolute atomic E-state index is 0.0261. The van der Waals surface area contributed by atoms with Gasteiger partial charge in [0.1, 0.15) is 0 Å². The lowest BCUT2D eigenvalue weighted by molar-refractivity contribution is 0.167. The molecule has 0 aliphatic rings. The van der Waals surface area contributed by atoms with Crippen LogP contribution in [0, 0.1) is 0 Å². The Bertz CT molecular complexity index is 318. The molecule has 5 nitrogen and oxygen atoms in total. The number of ether oxygens (including phenoxy) is 1. The summed E-state index contributed by atoms with van der Waals surface area (Å²) in [5.41, 5.74) is 0. The molecule has 0 bridgehead atoms. The number of hydrogen-bond acceptors (Lipinski definition) is 4. The van der Waals surface area contributed by atoms with Gasteiger partial charge in [-0.1, -0.05) is 20.8 Å². The van der Waals surface area contributed by atoms with E-state index in [9.17, 15) is 8.42 Å². The monoisotopic (exact) mass is 294 g/mol. The van der Waals surface area contributed by atoms with Crippen LogP contribution in [0.2, 0.25) is 0 Å². The molecule has 116 valence electrons. The molecular weight excluding hydrogens is 264 g/mol. The van der Waals surface area contributed by atoms with Crippen molar-refractivity contribution in [3.63, 3.8) is 0 Å². The van der Waals surface area contributed by atoms with Gasteiger partial charge in [0, 0.05) is 25.7 Å². The van der Waals surface area contributed by atoms with Crippen molar-refractivity contribution in [3.05, 3.63) is 0 Å². The van der Waals surface area contributed by atoms with Crippen LogP contribution in [0.4, 0.5) is 0 Å². The Morgan fingerprint density at radius 2 is 1.89 bits per heavy atom. The summed E-state index contributed by atoms with van der Waals surface area (Å²) in [6.45, 7) is 9.66. The molecule has 19 heavy (non-hydrogen) atoms. The van der Waals surface area contributed by atoms with E-state index in [0.29, 0.717) is 25.6 Å². The van der Waals surface area contributed by atoms with Gasteiger partial charge in [-0.3, -0.25) is 0 Å². The fourth-order valence-electron chi connectivity index (χ4n) is 1.78. The molecule has 0 aliphatic carbocycles. The molecule has 0 rings (SSSR count). The van der Waals surface area contributed by atoms with E-state index in [0.717, 1.165) is 13.0 Å². The van der Waals surface area contributed by atoms with Crippen LogP contribution in [0.1, 0.15) is 40.5 Å². The van der Waals surface area contributed by atoms with Crippen molar-refractivity contribution >= 4 is 10.0 Å². The lowest BCUT2D eigenvalue weighted by Crippen LogP contribution is -2.42. The molecule has 0 aliphatic heterocycles. The molecule has 1 unspecified atom stereocenters. The second kappa shape index (κ2) is 9.69. The molecule has 0 amide bonds. The minimum atomic E-state index is -3.19. The summed E-state index contributed by atoms with van der Waals surface area (Å²) in [7, 11) is -1.60. The largest absolute Gasteiger partial charge is 0.383 e. The number of rotatable bonds is 11. The number of nitrogens with zero attached hydrogens (tertiary/aromatic N) is 1. The lowest BCUT2D eigenvalue weighted by atomic mass is 10.3. The van der Waals surface area contributed by atoms with Crippen LogP contribution in [0.25, 0.3) is 0 Å². The first-order valence-corrected chi connectivity index (χ1v) is 8.67. The highest BCUT2D eigenvalue weighted by Crippen LogP contribution is 2.11. The molecule has 1 atom stereocenters. The summed E-state index contributed by atoms with van der Waals surface area (Å²) < 4.78 is 31.2. The Morgan fingerprint density at radius 1 is 1.26 bits per heavy atom. The molecule has 0 saturated heterocycles. The number of sulfonamides is 1. The smallest absolute Gasteiger partial charge is 0.214 e. The first-order valence-electron chi connectivity index (χ1n) is 7.07. The van der Waals surface area contributed by atoms with Gasteiger partial charge >= 0.3 is 0 Å². The van der Waals surface area contributed by atoms with Crippen LogP contribution in [0.15, 0.2) is 0 Å². The normalized spacial score (nSPS) is 14.3. The topological polar surface area (TPSA) is 58.6 Å². The van der Waals surface area contributed by atoms with Gasteiger partial charge < -0.3 is 10.1 Å². The highest BCUT2D eigenvalue weighted by Gasteiger charge is 2.25. The van der Waals surface area contributed by atoms with E-state index >= 15 is 0 Å². The first-order chi connectivity index (χ1) is 8.85. The standard InChI is InChI=1S/C13H30N2O3S/c1-6-13(4)15(9-10-18-5)19(16,17)11-7-8-14-12(2)3/h12-14H,6-11H2,1-5H3. The van der Waals surface area contributed by atoms with Gasteiger partial charge in [0.25, 0.3) is 0 Å². The quantitative estimate of drug-likeness (QED) is 0.586. The van der Waals surface area contributed by atoms with Crippen LogP contribution in [0.3, 0.4) is 0 Å². The molecular formula is C13H30N2O3S. The van der Waals surface area contributed by atoms with E-state index in [1.807, 2.05) is 13.8 Å². The molecule has 1 N–H and O–H groups in total. The van der Waals surface area contributed by atoms with Crippen molar-refractivity contribution in [2.45, 2.75) is 52.6 Å². The van der Waals surface area contributed by atoms with Gasteiger partial charge in [-0.25, -0.2) is 8.42 Å². The second-order valence-electron chi connectivity index (χ2n) is 5.14. The van der Waals surface area contributed by atoms with Gasteiger partial charge in [0.15, 0.2) is 0 Å². The van der Waals surface area contributed by atoms with Gasteiger partial charge in [-0.05, 0) is 26.3 Å². The van der Waals surface area contributed by atoms with E-state index in [1.165, 1.54) is 0 Å². The summed E-state index contributed by atoms with van der Waals surface area (Å²) >= 11 is 0. The molecule has 0 radical (unpaired) electrons. The van der Waals surface area contributed by atoms with Crippen LogP contribution in [-0.2, 0) is 14.8 Å². The average Bonchev–Trinajstić information content (AvgIpc) is 2.34. The zero-order valence-corrected chi connectivity index (χ0v) is 13.8. The summed E-state index contributed by atoms with van der Waals surface area (Å²) in [4.78, 5) is 0. The maximum absolute atomic E-state index is 12.3. The third-order valence-electron chi connectivity index (χ3n) is 3.09. The average molecular weight is 294 g/mol.